The maximum absolute atomic E-state index is 5.45. The van der Waals surface area contributed by atoms with Crippen LogP contribution in [0.3, 0.4) is 0 Å². The molecule has 0 atom stereocenters. The van der Waals surface area contributed by atoms with Gasteiger partial charge in [-0.1, -0.05) is 121 Å². The molecule has 8 bridgehead atoms. The molecule has 2 aliphatic heterocycles. The molecular formula is C44H29MnN4-. The summed E-state index contributed by atoms with van der Waals surface area (Å²) in [5, 5.41) is 0. The summed E-state index contributed by atoms with van der Waals surface area (Å²) in [4.78, 5) is 14.0. The van der Waals surface area contributed by atoms with E-state index in [1.807, 2.05) is 0 Å². The second kappa shape index (κ2) is 12.9. The predicted octanol–water partition coefficient (Wildman–Crippen LogP) is 10.7. The van der Waals surface area contributed by atoms with Gasteiger partial charge in [-0.25, -0.2) is 4.98 Å². The molecule has 1 radical (unpaired) electrons. The van der Waals surface area contributed by atoms with E-state index in [4.69, 9.17) is 9.97 Å². The molecule has 2 aliphatic rings. The molecule has 7 aromatic rings. The van der Waals surface area contributed by atoms with Crippen LogP contribution in [0.4, 0.5) is 0 Å². The summed E-state index contributed by atoms with van der Waals surface area (Å²) >= 11 is 0. The molecule has 0 saturated heterocycles. The van der Waals surface area contributed by atoms with Crippen LogP contribution in [0.1, 0.15) is 28.3 Å². The number of benzene rings is 4. The number of fused-ring (bicyclic) bond motifs is 8. The fourth-order valence-electron chi connectivity index (χ4n) is 6.61. The van der Waals surface area contributed by atoms with Gasteiger partial charge in [-0.15, -0.1) is 11.6 Å². The van der Waals surface area contributed by atoms with Crippen LogP contribution in [0, 0.1) is 6.07 Å². The van der Waals surface area contributed by atoms with E-state index in [0.717, 1.165) is 83.9 Å². The molecule has 4 aromatic carbocycles. The average molecular weight is 669 g/mol. The SMILES string of the molecule is [Mn].[c-]1c(-c2ccccc2)c2c(-c3ccccc3)c3nc(cc4ccc(cc5nc(cc1n2-c1ccccc1)C=C5)[nH]4)C=C3c1ccccc1. The third-order valence-electron chi connectivity index (χ3n) is 8.75. The molecule has 49 heavy (non-hydrogen) atoms. The van der Waals surface area contributed by atoms with E-state index in [0.29, 0.717) is 0 Å². The number of para-hydroxylation sites is 1. The zero-order chi connectivity index (χ0) is 31.9. The quantitative estimate of drug-likeness (QED) is 0.150. The summed E-state index contributed by atoms with van der Waals surface area (Å²) in [6, 6.07) is 56.6. The molecule has 0 fully saturated rings. The van der Waals surface area contributed by atoms with E-state index < -0.39 is 0 Å². The molecule has 1 N–H and O–H groups in total. The van der Waals surface area contributed by atoms with Gasteiger partial charge in [-0.05, 0) is 82.4 Å². The molecule has 233 valence electrons. The summed E-state index contributed by atoms with van der Waals surface area (Å²) in [5.74, 6) is 0. The van der Waals surface area contributed by atoms with E-state index >= 15 is 0 Å². The number of H-pyrrole nitrogens is 1. The third kappa shape index (κ3) is 5.76. The van der Waals surface area contributed by atoms with Gasteiger partial charge in [0.25, 0.3) is 0 Å². The molecule has 0 unspecified atom stereocenters. The molecule has 0 aliphatic carbocycles. The first kappa shape index (κ1) is 30.3. The Morgan fingerprint density at radius 2 is 1.08 bits per heavy atom. The Kier molecular flexibility index (Phi) is 7.98. The van der Waals surface area contributed by atoms with Crippen molar-refractivity contribution < 1.29 is 17.1 Å². The number of hydrogen-bond donors (Lipinski definition) is 1. The van der Waals surface area contributed by atoms with Crippen LogP contribution in [0.25, 0.3) is 73.8 Å². The number of aromatic nitrogens is 4. The summed E-state index contributed by atoms with van der Waals surface area (Å²) in [7, 11) is 0. The van der Waals surface area contributed by atoms with Gasteiger partial charge in [0.1, 0.15) is 0 Å². The molecule has 5 heteroatoms. The first-order valence-electron chi connectivity index (χ1n) is 16.1. The van der Waals surface area contributed by atoms with Gasteiger partial charge in [-0.3, -0.25) is 4.98 Å². The van der Waals surface area contributed by atoms with Gasteiger partial charge in [0.2, 0.25) is 0 Å². The fraction of sp³-hybridized carbons (Fsp3) is 0. The minimum absolute atomic E-state index is 0. The minimum Gasteiger partial charge on any atom is -0.367 e. The van der Waals surface area contributed by atoms with E-state index in [9.17, 15) is 0 Å². The second-order valence-electron chi connectivity index (χ2n) is 11.9. The van der Waals surface area contributed by atoms with Crippen molar-refractivity contribution >= 4 is 45.9 Å². The van der Waals surface area contributed by atoms with E-state index in [1.165, 1.54) is 0 Å². The van der Waals surface area contributed by atoms with Crippen LogP contribution >= 0.6 is 0 Å². The topological polar surface area (TPSA) is 46.5 Å². The van der Waals surface area contributed by atoms with Crippen LogP contribution in [0.15, 0.2) is 152 Å². The Morgan fingerprint density at radius 3 is 1.73 bits per heavy atom. The van der Waals surface area contributed by atoms with Crippen molar-refractivity contribution in [1.29, 1.82) is 0 Å². The number of aromatic amines is 1. The monoisotopic (exact) mass is 668 g/mol. The van der Waals surface area contributed by atoms with Crippen LogP contribution in [-0.4, -0.2) is 19.5 Å². The van der Waals surface area contributed by atoms with Gasteiger partial charge in [-0.2, -0.15) is 0 Å². The number of nitrogens with zero attached hydrogens (tertiary/aromatic N) is 3. The van der Waals surface area contributed by atoms with Gasteiger partial charge in [0.05, 0.1) is 17.1 Å². The maximum Gasteiger partial charge on any atom is 0.0722 e. The van der Waals surface area contributed by atoms with Crippen molar-refractivity contribution in [2.24, 2.45) is 0 Å². The zero-order valence-corrected chi connectivity index (χ0v) is 27.6. The third-order valence-corrected chi connectivity index (χ3v) is 8.75. The van der Waals surface area contributed by atoms with Crippen molar-refractivity contribution in [1.82, 2.24) is 19.5 Å². The van der Waals surface area contributed by atoms with Crippen molar-refractivity contribution in [2.75, 3.05) is 0 Å². The Labute approximate surface area is 295 Å². The minimum atomic E-state index is 0. The molecule has 9 rings (SSSR count). The first-order valence-corrected chi connectivity index (χ1v) is 16.1. The van der Waals surface area contributed by atoms with Crippen LogP contribution < -0.4 is 0 Å². The van der Waals surface area contributed by atoms with Crippen LogP contribution in [0.5, 0.6) is 0 Å². The van der Waals surface area contributed by atoms with Gasteiger partial charge >= 0.3 is 0 Å². The number of rotatable bonds is 4. The zero-order valence-electron chi connectivity index (χ0n) is 26.4. The molecule has 0 saturated carbocycles. The molecule has 0 amide bonds. The van der Waals surface area contributed by atoms with Crippen LogP contribution in [0.2, 0.25) is 0 Å². The fourth-order valence-corrected chi connectivity index (χ4v) is 6.61. The summed E-state index contributed by atoms with van der Waals surface area (Å²) < 4.78 is 2.32. The Hall–Kier alpha value is -6.00. The van der Waals surface area contributed by atoms with Gasteiger partial charge < -0.3 is 9.55 Å². The number of nitrogens with one attached hydrogen (secondary N) is 1. The summed E-state index contributed by atoms with van der Waals surface area (Å²) in [6.07, 6.45) is 6.33. The predicted molar refractivity (Wildman–Crippen MR) is 198 cm³/mol. The first-order chi connectivity index (χ1) is 23.8. The average Bonchev–Trinajstić information content (AvgIpc) is 3.94. The Balaban J connectivity index is 0.00000348. The Morgan fingerprint density at radius 1 is 0.531 bits per heavy atom. The van der Waals surface area contributed by atoms with E-state index in [2.05, 4.69) is 186 Å². The van der Waals surface area contributed by atoms with Crippen molar-refractivity contribution in [3.63, 3.8) is 0 Å². The summed E-state index contributed by atoms with van der Waals surface area (Å²) in [6.45, 7) is 0. The van der Waals surface area contributed by atoms with Crippen LogP contribution in [-0.2, 0) is 17.1 Å². The van der Waals surface area contributed by atoms with Crippen molar-refractivity contribution in [3.8, 4) is 27.9 Å². The van der Waals surface area contributed by atoms with Gasteiger partial charge in [0, 0.05) is 45.1 Å². The Bertz CT molecular complexity index is 2530. The maximum atomic E-state index is 5.45. The van der Waals surface area contributed by atoms with Gasteiger partial charge in [0.15, 0.2) is 0 Å². The largest absolute Gasteiger partial charge is 0.367 e. The molecule has 4 nitrogen and oxygen atoms in total. The van der Waals surface area contributed by atoms with E-state index in [1.54, 1.807) is 0 Å². The number of hydrogen-bond acceptors (Lipinski definition) is 2. The molecule has 0 spiro atoms. The van der Waals surface area contributed by atoms with Crippen molar-refractivity contribution in [3.05, 3.63) is 186 Å². The molecular weight excluding hydrogens is 639 g/mol. The molecule has 3 aromatic heterocycles. The normalized spacial score (nSPS) is 12.0. The standard InChI is InChI=1S/C44H29N4.Mn/c1-5-13-30(14-6-1)40-28-37-26-35-22-21-33(45-35)25-34-23-24-36(46-34)27-39-29-41(31-15-7-2-8-16-31)44(48(39)38-19-11-4-12-20-38)42(43(40)47-37)32-17-9-3-10-18-32;/h1-28,45H;/q-1;. The second-order valence-corrected chi connectivity index (χ2v) is 11.9. The van der Waals surface area contributed by atoms with Crippen molar-refractivity contribution in [2.45, 2.75) is 0 Å². The van der Waals surface area contributed by atoms with E-state index in [-0.39, 0.29) is 17.1 Å². The smallest absolute Gasteiger partial charge is 0.0722 e. The molecule has 5 heterocycles. The summed E-state index contributed by atoms with van der Waals surface area (Å²) in [5.41, 5.74) is 14.8.